The molecule has 0 atom stereocenters. The molecule has 0 spiro atoms. The van der Waals surface area contributed by atoms with Gasteiger partial charge in [-0.1, -0.05) is 38.3 Å². The average Bonchev–Trinajstić information content (AvgIpc) is 2.69. The van der Waals surface area contributed by atoms with Gasteiger partial charge in [0.05, 0.1) is 13.2 Å². The van der Waals surface area contributed by atoms with Crippen molar-refractivity contribution >= 4 is 34.2 Å². The Morgan fingerprint density at radius 1 is 1.14 bits per heavy atom. The number of halogens is 1. The van der Waals surface area contributed by atoms with Crippen LogP contribution in [0.4, 0.5) is 0 Å². The van der Waals surface area contributed by atoms with E-state index in [4.69, 9.17) is 21.1 Å². The zero-order valence-corrected chi connectivity index (χ0v) is 16.8. The number of carbonyl (C=O) groups is 2. The topological polar surface area (TPSA) is 97.8 Å². The van der Waals surface area contributed by atoms with E-state index in [-0.39, 0.29) is 23.1 Å². The molecule has 2 N–H and O–H groups in total. The number of nitrogens with zero attached hydrogens (tertiary/aromatic N) is 1. The lowest BCUT2D eigenvalue weighted by molar-refractivity contribution is -0.142. The number of hydrogen-bond acceptors (Lipinski definition) is 6. The van der Waals surface area contributed by atoms with Gasteiger partial charge < -0.3 is 19.9 Å². The van der Waals surface area contributed by atoms with Gasteiger partial charge in [0, 0.05) is 10.8 Å². The van der Waals surface area contributed by atoms with E-state index in [0.29, 0.717) is 29.7 Å². The molecular formula is C20H25ClN2O5. The van der Waals surface area contributed by atoms with Gasteiger partial charge in [-0.3, -0.25) is 9.59 Å². The normalized spacial score (nSPS) is 10.7. The van der Waals surface area contributed by atoms with Crippen molar-refractivity contribution in [2.45, 2.75) is 39.5 Å². The van der Waals surface area contributed by atoms with Gasteiger partial charge in [0.1, 0.15) is 17.4 Å². The third kappa shape index (κ3) is 5.73. The van der Waals surface area contributed by atoms with E-state index in [1.807, 2.05) is 6.92 Å². The standard InChI is InChI=1S/C20H25ClN2O5/c1-3-5-9-27-13-7-8-14-15(11-13)19(21)23-17(18(14)25)20(26)22-12-16(24)28-10-6-4-2/h7-8,11,25H,3-6,9-10,12H2,1-2H3,(H,22,26). The quantitative estimate of drug-likeness (QED) is 0.352. The number of ether oxygens (including phenoxy) is 2. The lowest BCUT2D eigenvalue weighted by Crippen LogP contribution is -2.31. The van der Waals surface area contributed by atoms with Gasteiger partial charge in [0.15, 0.2) is 11.4 Å². The van der Waals surface area contributed by atoms with Gasteiger partial charge in [0.2, 0.25) is 0 Å². The van der Waals surface area contributed by atoms with Crippen molar-refractivity contribution in [3.63, 3.8) is 0 Å². The molecule has 1 aromatic heterocycles. The SMILES string of the molecule is CCCCOC(=O)CNC(=O)c1nc(Cl)c2cc(OCCCC)ccc2c1O. The molecule has 0 saturated heterocycles. The van der Waals surface area contributed by atoms with Crippen molar-refractivity contribution in [2.24, 2.45) is 0 Å². The molecule has 7 nitrogen and oxygen atoms in total. The number of rotatable bonds is 10. The van der Waals surface area contributed by atoms with Crippen LogP contribution >= 0.6 is 11.6 Å². The third-order valence-corrected chi connectivity index (χ3v) is 4.33. The van der Waals surface area contributed by atoms with E-state index in [0.717, 1.165) is 25.7 Å². The molecule has 0 unspecified atom stereocenters. The van der Waals surface area contributed by atoms with Crippen LogP contribution in [0.3, 0.4) is 0 Å². The van der Waals surface area contributed by atoms with Gasteiger partial charge in [-0.25, -0.2) is 4.98 Å². The summed E-state index contributed by atoms with van der Waals surface area (Å²) < 4.78 is 10.6. The van der Waals surface area contributed by atoms with E-state index in [1.54, 1.807) is 18.2 Å². The summed E-state index contributed by atoms with van der Waals surface area (Å²) >= 11 is 6.21. The number of fused-ring (bicyclic) bond motifs is 1. The summed E-state index contributed by atoms with van der Waals surface area (Å²) in [6.07, 6.45) is 3.60. The second-order valence-corrected chi connectivity index (χ2v) is 6.62. The molecule has 0 aliphatic rings. The molecule has 1 amide bonds. The molecule has 2 rings (SSSR count). The number of benzene rings is 1. The average molecular weight is 409 g/mol. The molecule has 0 radical (unpaired) electrons. The molecule has 0 aliphatic carbocycles. The molecule has 0 saturated carbocycles. The minimum absolute atomic E-state index is 0.0596. The summed E-state index contributed by atoms with van der Waals surface area (Å²) in [7, 11) is 0. The van der Waals surface area contributed by atoms with Gasteiger partial charge in [0.25, 0.3) is 5.91 Å². The third-order valence-electron chi connectivity index (χ3n) is 4.04. The van der Waals surface area contributed by atoms with E-state index >= 15 is 0 Å². The van der Waals surface area contributed by atoms with Gasteiger partial charge in [-0.2, -0.15) is 0 Å². The Kier molecular flexibility index (Phi) is 8.32. The van der Waals surface area contributed by atoms with Crippen LogP contribution in [0.15, 0.2) is 18.2 Å². The Morgan fingerprint density at radius 3 is 2.57 bits per heavy atom. The van der Waals surface area contributed by atoms with E-state index in [1.165, 1.54) is 0 Å². The Morgan fingerprint density at radius 2 is 1.86 bits per heavy atom. The zero-order chi connectivity index (χ0) is 20.5. The van der Waals surface area contributed by atoms with Crippen molar-refractivity contribution in [1.29, 1.82) is 0 Å². The van der Waals surface area contributed by atoms with Crippen molar-refractivity contribution < 1.29 is 24.2 Å². The van der Waals surface area contributed by atoms with Crippen LogP contribution < -0.4 is 10.1 Å². The van der Waals surface area contributed by atoms with Gasteiger partial charge >= 0.3 is 5.97 Å². The first-order valence-corrected chi connectivity index (χ1v) is 9.74. The summed E-state index contributed by atoms with van der Waals surface area (Å²) in [5.41, 5.74) is -0.251. The minimum atomic E-state index is -0.711. The minimum Gasteiger partial charge on any atom is -0.505 e. The van der Waals surface area contributed by atoms with Crippen LogP contribution in [0.1, 0.15) is 50.0 Å². The van der Waals surface area contributed by atoms with Crippen molar-refractivity contribution in [1.82, 2.24) is 10.3 Å². The zero-order valence-electron chi connectivity index (χ0n) is 16.1. The number of amides is 1. The maximum atomic E-state index is 12.3. The van der Waals surface area contributed by atoms with E-state index in [9.17, 15) is 14.7 Å². The first-order chi connectivity index (χ1) is 13.5. The molecule has 1 heterocycles. The highest BCUT2D eigenvalue weighted by molar-refractivity contribution is 6.35. The predicted molar refractivity (Wildman–Crippen MR) is 107 cm³/mol. The fraction of sp³-hybridized carbons (Fsp3) is 0.450. The maximum Gasteiger partial charge on any atom is 0.325 e. The molecule has 152 valence electrons. The summed E-state index contributed by atoms with van der Waals surface area (Å²) in [5, 5.41) is 13.7. The maximum absolute atomic E-state index is 12.3. The highest BCUT2D eigenvalue weighted by Gasteiger charge is 2.19. The summed E-state index contributed by atoms with van der Waals surface area (Å²) in [5.74, 6) is -0.966. The predicted octanol–water partition coefficient (Wildman–Crippen LogP) is 3.85. The monoisotopic (exact) mass is 408 g/mol. The Bertz CT molecular complexity index is 841. The summed E-state index contributed by atoms with van der Waals surface area (Å²) in [6.45, 7) is 4.62. The Labute approximate surface area is 169 Å². The lowest BCUT2D eigenvalue weighted by atomic mass is 10.1. The number of pyridine rings is 1. The summed E-state index contributed by atoms with van der Waals surface area (Å²) in [6, 6.07) is 4.99. The van der Waals surface area contributed by atoms with Crippen LogP contribution in [-0.4, -0.2) is 41.7 Å². The highest BCUT2D eigenvalue weighted by atomic mass is 35.5. The Balaban J connectivity index is 2.12. The second-order valence-electron chi connectivity index (χ2n) is 6.27. The first-order valence-electron chi connectivity index (χ1n) is 9.36. The number of carbonyl (C=O) groups excluding carboxylic acids is 2. The Hall–Kier alpha value is -2.54. The van der Waals surface area contributed by atoms with Crippen LogP contribution in [0.5, 0.6) is 11.5 Å². The number of aromatic nitrogens is 1. The number of nitrogens with one attached hydrogen (secondary N) is 1. The molecule has 0 aliphatic heterocycles. The summed E-state index contributed by atoms with van der Waals surface area (Å²) in [4.78, 5) is 27.9. The lowest BCUT2D eigenvalue weighted by Gasteiger charge is -2.11. The van der Waals surface area contributed by atoms with Gasteiger partial charge in [-0.05, 0) is 31.0 Å². The molecule has 1 aromatic carbocycles. The van der Waals surface area contributed by atoms with Crippen molar-refractivity contribution in [3.8, 4) is 11.5 Å². The molecule has 0 bridgehead atoms. The highest BCUT2D eigenvalue weighted by Crippen LogP contribution is 2.34. The molecule has 2 aromatic rings. The molecular weight excluding hydrogens is 384 g/mol. The first kappa shape index (κ1) is 21.8. The van der Waals surface area contributed by atoms with Crippen LogP contribution in [0.25, 0.3) is 10.8 Å². The smallest absolute Gasteiger partial charge is 0.325 e. The van der Waals surface area contributed by atoms with E-state index < -0.39 is 11.9 Å². The number of hydrogen-bond donors (Lipinski definition) is 2. The van der Waals surface area contributed by atoms with Crippen LogP contribution in [0.2, 0.25) is 5.15 Å². The fourth-order valence-corrected chi connectivity index (χ4v) is 2.68. The fourth-order valence-electron chi connectivity index (χ4n) is 2.44. The molecule has 28 heavy (non-hydrogen) atoms. The molecule has 8 heteroatoms. The number of esters is 1. The van der Waals surface area contributed by atoms with Crippen molar-refractivity contribution in [2.75, 3.05) is 19.8 Å². The van der Waals surface area contributed by atoms with Crippen LogP contribution in [0, 0.1) is 0 Å². The molecule has 0 fully saturated rings. The second kappa shape index (κ2) is 10.7. The number of unbranched alkanes of at least 4 members (excludes halogenated alkanes) is 2. The largest absolute Gasteiger partial charge is 0.505 e. The van der Waals surface area contributed by atoms with E-state index in [2.05, 4.69) is 17.2 Å². The van der Waals surface area contributed by atoms with Gasteiger partial charge in [-0.15, -0.1) is 0 Å². The number of aromatic hydroxyl groups is 1. The van der Waals surface area contributed by atoms with Crippen LogP contribution in [-0.2, 0) is 9.53 Å². The van der Waals surface area contributed by atoms with Crippen molar-refractivity contribution in [3.05, 3.63) is 29.0 Å².